The Morgan fingerprint density at radius 3 is 2.82 bits per heavy atom. The molecular formula is C12H14FN3O. The van der Waals surface area contributed by atoms with Crippen LogP contribution in [0.4, 0.5) is 9.18 Å². The fourth-order valence-corrected chi connectivity index (χ4v) is 1.21. The van der Waals surface area contributed by atoms with Gasteiger partial charge in [-0.2, -0.15) is 5.26 Å². The number of hydrogen-bond donors (Lipinski definition) is 1. The fraction of sp³-hybridized carbons (Fsp3) is 0.333. The molecule has 0 aliphatic heterocycles. The number of halogens is 1. The summed E-state index contributed by atoms with van der Waals surface area (Å²) in [7, 11) is 1.66. The molecule has 0 unspecified atom stereocenters. The number of benzene rings is 1. The van der Waals surface area contributed by atoms with Gasteiger partial charge in [0.2, 0.25) is 0 Å². The molecule has 0 aromatic heterocycles. The van der Waals surface area contributed by atoms with Gasteiger partial charge in [0.15, 0.2) is 0 Å². The first-order valence-electron chi connectivity index (χ1n) is 5.26. The Bertz CT molecular complexity index is 454. The predicted octanol–water partition coefficient (Wildman–Crippen LogP) is 1.86. The van der Waals surface area contributed by atoms with Crippen LogP contribution in [-0.2, 0) is 6.54 Å². The number of nitriles is 1. The van der Waals surface area contributed by atoms with Crippen LogP contribution in [0.5, 0.6) is 0 Å². The topological polar surface area (TPSA) is 56.1 Å². The normalized spacial score (nSPS) is 9.53. The molecule has 0 saturated heterocycles. The van der Waals surface area contributed by atoms with E-state index in [0.29, 0.717) is 12.1 Å². The Kier molecular flexibility index (Phi) is 4.46. The molecule has 0 aliphatic carbocycles. The molecule has 5 heteroatoms. The average Bonchev–Trinajstić information content (AvgIpc) is 2.35. The minimum Gasteiger partial charge on any atom is -0.334 e. The second kappa shape index (κ2) is 5.85. The number of nitrogens with one attached hydrogen (secondary N) is 1. The van der Waals surface area contributed by atoms with Crippen molar-refractivity contribution in [2.75, 3.05) is 13.6 Å². The fourth-order valence-electron chi connectivity index (χ4n) is 1.21. The molecule has 0 atom stereocenters. The monoisotopic (exact) mass is 235 g/mol. The van der Waals surface area contributed by atoms with E-state index in [4.69, 9.17) is 5.26 Å². The summed E-state index contributed by atoms with van der Waals surface area (Å²) in [5.41, 5.74) is 0.630. The maximum Gasteiger partial charge on any atom is 0.317 e. The van der Waals surface area contributed by atoms with Crippen LogP contribution in [0, 0.1) is 17.1 Å². The SMILES string of the molecule is CCN(C)C(=O)NCc1ccc(C#N)cc1F. The molecule has 0 bridgehead atoms. The summed E-state index contributed by atoms with van der Waals surface area (Å²) in [4.78, 5) is 12.9. The van der Waals surface area contributed by atoms with Crippen LogP contribution in [-0.4, -0.2) is 24.5 Å². The van der Waals surface area contributed by atoms with Gasteiger partial charge in [0.25, 0.3) is 0 Å². The standard InChI is InChI=1S/C12H14FN3O/c1-3-16(2)12(17)15-8-10-5-4-9(7-14)6-11(10)13/h4-6H,3,8H2,1-2H3,(H,15,17). The number of urea groups is 1. The number of amides is 2. The summed E-state index contributed by atoms with van der Waals surface area (Å²) in [5, 5.41) is 11.2. The van der Waals surface area contributed by atoms with Crippen molar-refractivity contribution in [1.82, 2.24) is 10.2 Å². The van der Waals surface area contributed by atoms with Gasteiger partial charge >= 0.3 is 6.03 Å². The van der Waals surface area contributed by atoms with Crippen LogP contribution in [0.2, 0.25) is 0 Å². The number of rotatable bonds is 3. The van der Waals surface area contributed by atoms with Crippen molar-refractivity contribution in [3.63, 3.8) is 0 Å². The molecule has 4 nitrogen and oxygen atoms in total. The van der Waals surface area contributed by atoms with Gasteiger partial charge in [0.1, 0.15) is 5.82 Å². The minimum atomic E-state index is -0.483. The molecule has 0 radical (unpaired) electrons. The Balaban J connectivity index is 2.65. The summed E-state index contributed by atoms with van der Waals surface area (Å²) in [6.07, 6.45) is 0. The second-order valence-electron chi connectivity index (χ2n) is 3.59. The van der Waals surface area contributed by atoms with Gasteiger partial charge in [-0.1, -0.05) is 6.07 Å². The van der Waals surface area contributed by atoms with Crippen molar-refractivity contribution in [1.29, 1.82) is 5.26 Å². The van der Waals surface area contributed by atoms with E-state index in [9.17, 15) is 9.18 Å². The quantitative estimate of drug-likeness (QED) is 0.869. The number of carbonyl (C=O) groups is 1. The van der Waals surface area contributed by atoms with E-state index >= 15 is 0 Å². The first kappa shape index (κ1) is 13.0. The van der Waals surface area contributed by atoms with Gasteiger partial charge in [0, 0.05) is 25.7 Å². The van der Waals surface area contributed by atoms with Gasteiger partial charge < -0.3 is 10.2 Å². The molecule has 90 valence electrons. The molecule has 1 rings (SSSR count). The van der Waals surface area contributed by atoms with Crippen LogP contribution >= 0.6 is 0 Å². The van der Waals surface area contributed by atoms with Crippen molar-refractivity contribution in [2.45, 2.75) is 13.5 Å². The van der Waals surface area contributed by atoms with E-state index in [2.05, 4.69) is 5.32 Å². The average molecular weight is 235 g/mol. The van der Waals surface area contributed by atoms with E-state index in [-0.39, 0.29) is 18.1 Å². The highest BCUT2D eigenvalue weighted by atomic mass is 19.1. The van der Waals surface area contributed by atoms with Gasteiger partial charge in [-0.15, -0.1) is 0 Å². The lowest BCUT2D eigenvalue weighted by atomic mass is 10.1. The Labute approximate surface area is 99.7 Å². The highest BCUT2D eigenvalue weighted by Crippen LogP contribution is 2.09. The first-order chi connectivity index (χ1) is 8.08. The molecule has 17 heavy (non-hydrogen) atoms. The molecule has 2 amide bonds. The lowest BCUT2D eigenvalue weighted by Crippen LogP contribution is -2.36. The molecule has 0 heterocycles. The summed E-state index contributed by atoms with van der Waals surface area (Å²) >= 11 is 0. The van der Waals surface area contributed by atoms with Gasteiger partial charge in [-0.25, -0.2) is 9.18 Å². The molecule has 0 aliphatic rings. The Morgan fingerprint density at radius 1 is 1.59 bits per heavy atom. The van der Waals surface area contributed by atoms with E-state index in [1.807, 2.05) is 13.0 Å². The third-order valence-corrected chi connectivity index (χ3v) is 2.43. The van der Waals surface area contributed by atoms with E-state index in [0.717, 1.165) is 6.07 Å². The lowest BCUT2D eigenvalue weighted by Gasteiger charge is -2.15. The molecule has 1 aromatic carbocycles. The first-order valence-corrected chi connectivity index (χ1v) is 5.26. The van der Waals surface area contributed by atoms with Crippen LogP contribution in [0.15, 0.2) is 18.2 Å². The van der Waals surface area contributed by atoms with E-state index < -0.39 is 5.82 Å². The minimum absolute atomic E-state index is 0.112. The zero-order valence-electron chi connectivity index (χ0n) is 9.83. The Morgan fingerprint density at radius 2 is 2.29 bits per heavy atom. The Hall–Kier alpha value is -2.09. The summed E-state index contributed by atoms with van der Waals surface area (Å²) in [6, 6.07) is 5.78. The number of hydrogen-bond acceptors (Lipinski definition) is 2. The smallest absolute Gasteiger partial charge is 0.317 e. The highest BCUT2D eigenvalue weighted by Gasteiger charge is 2.08. The molecule has 1 N–H and O–H groups in total. The maximum atomic E-state index is 13.5. The number of carbonyl (C=O) groups excluding carboxylic acids is 1. The molecule has 1 aromatic rings. The molecule has 0 fully saturated rings. The third-order valence-electron chi connectivity index (χ3n) is 2.43. The van der Waals surface area contributed by atoms with Crippen molar-refractivity contribution in [2.24, 2.45) is 0 Å². The summed E-state index contributed by atoms with van der Waals surface area (Å²) in [6.45, 7) is 2.55. The zero-order valence-corrected chi connectivity index (χ0v) is 9.83. The van der Waals surface area contributed by atoms with Gasteiger partial charge in [-0.05, 0) is 19.1 Å². The summed E-state index contributed by atoms with van der Waals surface area (Å²) in [5.74, 6) is -0.483. The largest absolute Gasteiger partial charge is 0.334 e. The molecule has 0 saturated carbocycles. The van der Waals surface area contributed by atoms with Crippen molar-refractivity contribution < 1.29 is 9.18 Å². The van der Waals surface area contributed by atoms with Crippen LogP contribution < -0.4 is 5.32 Å². The zero-order chi connectivity index (χ0) is 12.8. The van der Waals surface area contributed by atoms with Crippen LogP contribution in [0.1, 0.15) is 18.1 Å². The van der Waals surface area contributed by atoms with E-state index in [1.165, 1.54) is 17.0 Å². The van der Waals surface area contributed by atoms with E-state index in [1.54, 1.807) is 7.05 Å². The summed E-state index contributed by atoms with van der Waals surface area (Å²) < 4.78 is 13.5. The molecule has 0 spiro atoms. The van der Waals surface area contributed by atoms with Crippen molar-refractivity contribution in [3.05, 3.63) is 35.1 Å². The lowest BCUT2D eigenvalue weighted by molar-refractivity contribution is 0.210. The predicted molar refractivity (Wildman–Crippen MR) is 61.7 cm³/mol. The number of nitrogens with zero attached hydrogens (tertiary/aromatic N) is 2. The highest BCUT2D eigenvalue weighted by molar-refractivity contribution is 5.73. The van der Waals surface area contributed by atoms with Crippen molar-refractivity contribution in [3.8, 4) is 6.07 Å². The second-order valence-corrected chi connectivity index (χ2v) is 3.59. The van der Waals surface area contributed by atoms with Crippen LogP contribution in [0.3, 0.4) is 0 Å². The van der Waals surface area contributed by atoms with Crippen molar-refractivity contribution >= 4 is 6.03 Å². The van der Waals surface area contributed by atoms with Crippen LogP contribution in [0.25, 0.3) is 0 Å². The van der Waals surface area contributed by atoms with Gasteiger partial charge in [0.05, 0.1) is 11.6 Å². The molecular weight excluding hydrogens is 221 g/mol. The third kappa shape index (κ3) is 3.45. The van der Waals surface area contributed by atoms with Gasteiger partial charge in [-0.3, -0.25) is 0 Å². The maximum absolute atomic E-state index is 13.5.